The van der Waals surface area contributed by atoms with Gasteiger partial charge < -0.3 is 15.4 Å². The third kappa shape index (κ3) is 5.07. The van der Waals surface area contributed by atoms with Crippen molar-refractivity contribution in [2.45, 2.75) is 26.8 Å². The molecule has 0 aliphatic heterocycles. The Hall–Kier alpha value is -3.40. The molecule has 1 unspecified atom stereocenters. The minimum Gasteiger partial charge on any atom is -0.493 e. The van der Waals surface area contributed by atoms with Crippen LogP contribution < -0.4 is 15.4 Å². The molecule has 7 heteroatoms. The number of hydrogen-bond acceptors (Lipinski definition) is 4. The second-order valence-electron chi connectivity index (χ2n) is 6.42. The monoisotopic (exact) mass is 383 g/mol. The number of amides is 2. The predicted octanol–water partition coefficient (Wildman–Crippen LogP) is 3.49. The summed E-state index contributed by atoms with van der Waals surface area (Å²) in [6.45, 7) is 5.82. The lowest BCUT2D eigenvalue weighted by Crippen LogP contribution is -2.47. The first-order valence-electron chi connectivity index (χ1n) is 8.90. The first kappa shape index (κ1) is 20.9. The van der Waals surface area contributed by atoms with Gasteiger partial charge in [-0.25, -0.2) is 4.39 Å². The number of halogens is 1. The molecule has 0 fully saturated rings. The molecule has 2 N–H and O–H groups in total. The lowest BCUT2D eigenvalue weighted by molar-refractivity contribution is -0.118. The number of carbonyl (C=O) groups is 2. The molecule has 0 saturated heterocycles. The summed E-state index contributed by atoms with van der Waals surface area (Å²) in [5.74, 6) is -1.34. The van der Waals surface area contributed by atoms with E-state index < -0.39 is 23.7 Å². The number of nitrogens with zero attached hydrogens (tertiary/aromatic N) is 1. The Morgan fingerprint density at radius 2 is 1.93 bits per heavy atom. The Morgan fingerprint density at radius 3 is 2.57 bits per heavy atom. The van der Waals surface area contributed by atoms with E-state index in [1.807, 2.05) is 6.92 Å². The third-order valence-corrected chi connectivity index (χ3v) is 4.02. The van der Waals surface area contributed by atoms with Gasteiger partial charge in [-0.2, -0.15) is 5.26 Å². The molecule has 0 spiro atoms. The molecule has 2 rings (SSSR count). The van der Waals surface area contributed by atoms with Crippen molar-refractivity contribution < 1.29 is 18.7 Å². The van der Waals surface area contributed by atoms with Gasteiger partial charge in [0.25, 0.3) is 5.91 Å². The van der Waals surface area contributed by atoms with Crippen LogP contribution in [0.2, 0.25) is 0 Å². The zero-order valence-corrected chi connectivity index (χ0v) is 16.0. The summed E-state index contributed by atoms with van der Waals surface area (Å²) < 4.78 is 18.9. The summed E-state index contributed by atoms with van der Waals surface area (Å²) in [5.41, 5.74) is 0.433. The number of para-hydroxylation sites is 1. The maximum Gasteiger partial charge on any atom is 0.255 e. The Kier molecular flexibility index (Phi) is 7.10. The van der Waals surface area contributed by atoms with Crippen LogP contribution in [0.4, 0.5) is 10.1 Å². The van der Waals surface area contributed by atoms with E-state index >= 15 is 0 Å². The van der Waals surface area contributed by atoms with Crippen LogP contribution in [-0.2, 0) is 4.79 Å². The van der Waals surface area contributed by atoms with Crippen molar-refractivity contribution in [1.29, 1.82) is 5.26 Å². The zero-order chi connectivity index (χ0) is 20.7. The summed E-state index contributed by atoms with van der Waals surface area (Å²) >= 11 is 0. The molecular formula is C21H22FN3O3. The molecule has 2 aromatic rings. The highest BCUT2D eigenvalue weighted by molar-refractivity contribution is 6.02. The Morgan fingerprint density at radius 1 is 1.21 bits per heavy atom. The van der Waals surface area contributed by atoms with Crippen LogP contribution in [0.1, 0.15) is 36.7 Å². The third-order valence-electron chi connectivity index (χ3n) is 4.02. The van der Waals surface area contributed by atoms with E-state index in [4.69, 9.17) is 10.00 Å². The van der Waals surface area contributed by atoms with E-state index in [1.54, 1.807) is 44.2 Å². The van der Waals surface area contributed by atoms with Crippen LogP contribution in [0.15, 0.2) is 42.5 Å². The van der Waals surface area contributed by atoms with Gasteiger partial charge in [0.1, 0.15) is 23.7 Å². The lowest BCUT2D eigenvalue weighted by atomic mass is 10.0. The summed E-state index contributed by atoms with van der Waals surface area (Å²) in [4.78, 5) is 25.4. The number of carbonyl (C=O) groups excluding carboxylic acids is 2. The lowest BCUT2D eigenvalue weighted by Gasteiger charge is -2.22. The largest absolute Gasteiger partial charge is 0.493 e. The number of ether oxygens (including phenoxy) is 1. The van der Waals surface area contributed by atoms with Gasteiger partial charge in [0.15, 0.2) is 0 Å². The second-order valence-corrected chi connectivity index (χ2v) is 6.42. The molecule has 6 nitrogen and oxygen atoms in total. The van der Waals surface area contributed by atoms with Crippen molar-refractivity contribution in [1.82, 2.24) is 5.32 Å². The van der Waals surface area contributed by atoms with Crippen LogP contribution in [0.25, 0.3) is 0 Å². The van der Waals surface area contributed by atoms with Gasteiger partial charge in [-0.15, -0.1) is 0 Å². The molecule has 0 radical (unpaired) electrons. The van der Waals surface area contributed by atoms with Crippen molar-refractivity contribution in [3.63, 3.8) is 0 Å². The van der Waals surface area contributed by atoms with E-state index in [-0.39, 0.29) is 17.2 Å². The van der Waals surface area contributed by atoms with Crippen LogP contribution >= 0.6 is 0 Å². The van der Waals surface area contributed by atoms with Crippen molar-refractivity contribution in [3.05, 3.63) is 59.4 Å². The first-order chi connectivity index (χ1) is 13.4. The van der Waals surface area contributed by atoms with Gasteiger partial charge in [0, 0.05) is 5.69 Å². The number of nitriles is 1. The molecule has 1 atom stereocenters. The smallest absolute Gasteiger partial charge is 0.255 e. The van der Waals surface area contributed by atoms with E-state index in [1.165, 1.54) is 12.1 Å². The molecular weight excluding hydrogens is 361 g/mol. The SMILES string of the molecule is CCOc1ccccc1C(=O)NC(C(=O)Nc1ccc(F)c(C#N)c1)C(C)C. The molecule has 28 heavy (non-hydrogen) atoms. The minimum absolute atomic E-state index is 0.173. The molecule has 0 aromatic heterocycles. The number of hydrogen-bond donors (Lipinski definition) is 2. The Labute approximate surface area is 163 Å². The fraction of sp³-hybridized carbons (Fsp3) is 0.286. The van der Waals surface area contributed by atoms with Crippen LogP contribution in [0.5, 0.6) is 5.75 Å². The first-order valence-corrected chi connectivity index (χ1v) is 8.90. The minimum atomic E-state index is -0.835. The quantitative estimate of drug-likeness (QED) is 0.766. The standard InChI is InChI=1S/C21H22FN3O3/c1-4-28-18-8-6-5-7-16(18)20(26)25-19(13(2)3)21(27)24-15-9-10-17(22)14(11-15)12-23/h5-11,13,19H,4H2,1-3H3,(H,24,27)(H,25,26). The highest BCUT2D eigenvalue weighted by atomic mass is 19.1. The van der Waals surface area contributed by atoms with Crippen LogP contribution in [0, 0.1) is 23.1 Å². The maximum atomic E-state index is 13.5. The average molecular weight is 383 g/mol. The second kappa shape index (κ2) is 9.51. The van der Waals surface area contributed by atoms with Gasteiger partial charge in [-0.1, -0.05) is 26.0 Å². The number of anilines is 1. The van der Waals surface area contributed by atoms with Gasteiger partial charge in [-0.05, 0) is 43.2 Å². The molecule has 0 saturated carbocycles. The summed E-state index contributed by atoms with van der Waals surface area (Å²) in [7, 11) is 0. The van der Waals surface area contributed by atoms with Gasteiger partial charge in [0.2, 0.25) is 5.91 Å². The van der Waals surface area contributed by atoms with Crippen molar-refractivity contribution in [2.75, 3.05) is 11.9 Å². The molecule has 0 heterocycles. The van der Waals surface area contributed by atoms with Crippen molar-refractivity contribution >= 4 is 17.5 Å². The van der Waals surface area contributed by atoms with Crippen molar-refractivity contribution in [2.24, 2.45) is 5.92 Å². The average Bonchev–Trinajstić information content (AvgIpc) is 2.67. The fourth-order valence-electron chi connectivity index (χ4n) is 2.60. The van der Waals surface area contributed by atoms with Gasteiger partial charge >= 0.3 is 0 Å². The van der Waals surface area contributed by atoms with E-state index in [9.17, 15) is 14.0 Å². The molecule has 146 valence electrons. The topological polar surface area (TPSA) is 91.2 Å². The summed E-state index contributed by atoms with van der Waals surface area (Å²) in [5, 5.41) is 14.3. The Balaban J connectivity index is 2.18. The molecule has 0 bridgehead atoms. The zero-order valence-electron chi connectivity index (χ0n) is 16.0. The molecule has 0 aliphatic rings. The van der Waals surface area contributed by atoms with Gasteiger partial charge in [0.05, 0.1) is 17.7 Å². The highest BCUT2D eigenvalue weighted by Crippen LogP contribution is 2.19. The summed E-state index contributed by atoms with van der Waals surface area (Å²) in [6.07, 6.45) is 0. The number of benzene rings is 2. The number of rotatable bonds is 7. The highest BCUT2D eigenvalue weighted by Gasteiger charge is 2.26. The maximum absolute atomic E-state index is 13.5. The Bertz CT molecular complexity index is 906. The van der Waals surface area contributed by atoms with E-state index in [0.717, 1.165) is 6.07 Å². The molecule has 2 aromatic carbocycles. The normalized spacial score (nSPS) is 11.4. The fourth-order valence-corrected chi connectivity index (χ4v) is 2.60. The van der Waals surface area contributed by atoms with Crippen LogP contribution in [0.3, 0.4) is 0 Å². The number of nitrogens with one attached hydrogen (secondary N) is 2. The van der Waals surface area contributed by atoms with Crippen LogP contribution in [-0.4, -0.2) is 24.5 Å². The van der Waals surface area contributed by atoms with Gasteiger partial charge in [-0.3, -0.25) is 9.59 Å². The predicted molar refractivity (Wildman–Crippen MR) is 103 cm³/mol. The molecule has 2 amide bonds. The molecule has 0 aliphatic carbocycles. The van der Waals surface area contributed by atoms with Crippen molar-refractivity contribution in [3.8, 4) is 11.8 Å². The summed E-state index contributed by atoms with van der Waals surface area (Å²) in [6, 6.07) is 11.4. The van der Waals surface area contributed by atoms with E-state index in [2.05, 4.69) is 10.6 Å². The van der Waals surface area contributed by atoms with E-state index in [0.29, 0.717) is 17.9 Å².